The molecule has 0 saturated heterocycles. The maximum Gasteiger partial charge on any atom is 0.119 e. The molecule has 0 saturated carbocycles. The van der Waals surface area contributed by atoms with Gasteiger partial charge < -0.3 is 10.4 Å². The van der Waals surface area contributed by atoms with Crippen LogP contribution in [0.1, 0.15) is 44.4 Å². The fourth-order valence-electron chi connectivity index (χ4n) is 2.28. The minimum atomic E-state index is 0.305. The van der Waals surface area contributed by atoms with Crippen LogP contribution in [-0.4, -0.2) is 11.7 Å². The lowest BCUT2D eigenvalue weighted by molar-refractivity contribution is 0.352. The van der Waals surface area contributed by atoms with Gasteiger partial charge in [0, 0.05) is 12.6 Å². The summed E-state index contributed by atoms with van der Waals surface area (Å²) in [7, 11) is 0. The minimum absolute atomic E-state index is 0.305. The van der Waals surface area contributed by atoms with E-state index in [9.17, 15) is 5.11 Å². The van der Waals surface area contributed by atoms with Gasteiger partial charge in [-0.2, -0.15) is 0 Å². The highest BCUT2D eigenvalue weighted by atomic mass is 16.3. The summed E-state index contributed by atoms with van der Waals surface area (Å²) in [5.74, 6) is 0.456. The molecule has 0 radical (unpaired) electrons. The van der Waals surface area contributed by atoms with E-state index < -0.39 is 0 Å². The first-order chi connectivity index (χ1) is 7.47. The summed E-state index contributed by atoms with van der Waals surface area (Å²) in [5, 5.41) is 13.3. The van der Waals surface area contributed by atoms with Crippen molar-refractivity contribution in [3.05, 3.63) is 29.3 Å². The van der Waals surface area contributed by atoms with Gasteiger partial charge in [0.15, 0.2) is 0 Å². The zero-order chi connectivity index (χ0) is 11.8. The van der Waals surface area contributed by atoms with Crippen molar-refractivity contribution in [1.29, 1.82) is 0 Å². The van der Waals surface area contributed by atoms with Crippen LogP contribution in [0.5, 0.6) is 5.75 Å². The number of phenols is 1. The van der Waals surface area contributed by atoms with Gasteiger partial charge in [-0.1, -0.05) is 32.9 Å². The highest BCUT2D eigenvalue weighted by molar-refractivity contribution is 5.44. The number of hydrogen-bond donors (Lipinski definition) is 2. The van der Waals surface area contributed by atoms with Gasteiger partial charge in [0.05, 0.1) is 0 Å². The Balaban J connectivity index is 2.09. The van der Waals surface area contributed by atoms with Crippen LogP contribution in [0.15, 0.2) is 18.2 Å². The first kappa shape index (κ1) is 11.5. The zero-order valence-corrected chi connectivity index (χ0v) is 10.4. The molecular formula is C14H21NO. The summed E-state index contributed by atoms with van der Waals surface area (Å²) in [5.41, 5.74) is 2.72. The van der Waals surface area contributed by atoms with Gasteiger partial charge in [-0.15, -0.1) is 0 Å². The Labute approximate surface area is 97.7 Å². The third-order valence-corrected chi connectivity index (χ3v) is 3.12. The molecule has 1 aliphatic rings. The van der Waals surface area contributed by atoms with Crippen molar-refractivity contribution in [2.75, 3.05) is 6.54 Å². The highest BCUT2D eigenvalue weighted by Gasteiger charge is 2.25. The molecule has 0 amide bonds. The van der Waals surface area contributed by atoms with Crippen molar-refractivity contribution in [3.8, 4) is 5.75 Å². The number of rotatable bonds is 2. The molecule has 2 N–H and O–H groups in total. The monoisotopic (exact) mass is 219 g/mol. The third kappa shape index (κ3) is 2.38. The Hall–Kier alpha value is -1.02. The highest BCUT2D eigenvalue weighted by Crippen LogP contribution is 2.36. The van der Waals surface area contributed by atoms with Crippen LogP contribution in [-0.2, 0) is 6.42 Å². The molecule has 0 aliphatic heterocycles. The average Bonchev–Trinajstić information content (AvgIpc) is 2.58. The molecule has 88 valence electrons. The van der Waals surface area contributed by atoms with E-state index in [0.717, 1.165) is 24.9 Å². The van der Waals surface area contributed by atoms with Gasteiger partial charge in [-0.25, -0.2) is 0 Å². The first-order valence-electron chi connectivity index (χ1n) is 6.01. The summed E-state index contributed by atoms with van der Waals surface area (Å²) in [6.07, 6.45) is 2.09. The quantitative estimate of drug-likeness (QED) is 0.801. The fraction of sp³-hybridized carbons (Fsp3) is 0.571. The Morgan fingerprint density at radius 1 is 1.38 bits per heavy atom. The molecule has 0 spiro atoms. The van der Waals surface area contributed by atoms with Crippen LogP contribution in [0.25, 0.3) is 0 Å². The molecule has 1 aliphatic carbocycles. The first-order valence-corrected chi connectivity index (χ1v) is 6.01. The van der Waals surface area contributed by atoms with Crippen molar-refractivity contribution in [2.45, 2.75) is 39.7 Å². The van der Waals surface area contributed by atoms with Crippen LogP contribution in [0, 0.1) is 5.41 Å². The van der Waals surface area contributed by atoms with Crippen LogP contribution in [0.2, 0.25) is 0 Å². The molecule has 0 bridgehead atoms. The molecule has 0 fully saturated rings. The van der Waals surface area contributed by atoms with E-state index in [1.54, 1.807) is 6.07 Å². The van der Waals surface area contributed by atoms with E-state index in [0.29, 0.717) is 17.2 Å². The van der Waals surface area contributed by atoms with Crippen LogP contribution in [0.3, 0.4) is 0 Å². The van der Waals surface area contributed by atoms with Gasteiger partial charge in [-0.05, 0) is 35.4 Å². The summed E-state index contributed by atoms with van der Waals surface area (Å²) in [4.78, 5) is 0. The molecule has 2 heteroatoms. The smallest absolute Gasteiger partial charge is 0.119 e. The maximum atomic E-state index is 9.75. The Morgan fingerprint density at radius 2 is 2.12 bits per heavy atom. The lowest BCUT2D eigenvalue weighted by atomic mass is 9.96. The SMILES string of the molecule is CC(C)(C)CNC1CCc2c(O)cccc21. The number of fused-ring (bicyclic) bond motifs is 1. The number of hydrogen-bond acceptors (Lipinski definition) is 2. The predicted octanol–water partition coefficient (Wildman–Crippen LogP) is 3.02. The molecule has 0 aromatic heterocycles. The van der Waals surface area contributed by atoms with Crippen LogP contribution < -0.4 is 5.32 Å². The standard InChI is InChI=1S/C14H21NO/c1-14(2,3)9-15-12-8-7-11-10(12)5-4-6-13(11)16/h4-6,12,15-16H,7-9H2,1-3H3. The van der Waals surface area contributed by atoms with Crippen molar-refractivity contribution in [3.63, 3.8) is 0 Å². The summed E-state index contributed by atoms with van der Waals surface area (Å²) >= 11 is 0. The van der Waals surface area contributed by atoms with Gasteiger partial charge in [0.25, 0.3) is 0 Å². The molecule has 1 atom stereocenters. The van der Waals surface area contributed by atoms with E-state index in [2.05, 4.69) is 32.2 Å². The van der Waals surface area contributed by atoms with Crippen LogP contribution >= 0.6 is 0 Å². The maximum absolute atomic E-state index is 9.75. The van der Waals surface area contributed by atoms with Crippen molar-refractivity contribution >= 4 is 0 Å². The molecule has 0 heterocycles. The summed E-state index contributed by atoms with van der Waals surface area (Å²) in [6, 6.07) is 6.26. The van der Waals surface area contributed by atoms with Crippen molar-refractivity contribution < 1.29 is 5.11 Å². The minimum Gasteiger partial charge on any atom is -0.508 e. The van der Waals surface area contributed by atoms with Gasteiger partial charge in [-0.3, -0.25) is 0 Å². The Morgan fingerprint density at radius 3 is 2.81 bits per heavy atom. The van der Waals surface area contributed by atoms with E-state index in [4.69, 9.17) is 0 Å². The number of phenolic OH excluding ortho intramolecular Hbond substituents is 1. The van der Waals surface area contributed by atoms with Gasteiger partial charge in [0.2, 0.25) is 0 Å². The molecule has 16 heavy (non-hydrogen) atoms. The number of benzene rings is 1. The predicted molar refractivity (Wildman–Crippen MR) is 66.6 cm³/mol. The van der Waals surface area contributed by atoms with Gasteiger partial charge >= 0.3 is 0 Å². The lowest BCUT2D eigenvalue weighted by Gasteiger charge is -2.23. The fourth-order valence-corrected chi connectivity index (χ4v) is 2.28. The number of aromatic hydroxyl groups is 1. The van der Waals surface area contributed by atoms with E-state index >= 15 is 0 Å². The van der Waals surface area contributed by atoms with E-state index in [1.165, 1.54) is 5.56 Å². The molecule has 1 aromatic carbocycles. The van der Waals surface area contributed by atoms with Crippen molar-refractivity contribution in [1.82, 2.24) is 5.32 Å². The van der Waals surface area contributed by atoms with Crippen molar-refractivity contribution in [2.24, 2.45) is 5.41 Å². The topological polar surface area (TPSA) is 32.3 Å². The number of nitrogens with one attached hydrogen (secondary N) is 1. The lowest BCUT2D eigenvalue weighted by Crippen LogP contribution is -2.29. The molecule has 2 rings (SSSR count). The molecular weight excluding hydrogens is 198 g/mol. The second kappa shape index (κ2) is 4.10. The average molecular weight is 219 g/mol. The van der Waals surface area contributed by atoms with Crippen LogP contribution in [0.4, 0.5) is 0 Å². The molecule has 1 aromatic rings. The zero-order valence-electron chi connectivity index (χ0n) is 10.4. The second-order valence-electron chi connectivity index (χ2n) is 5.88. The van der Waals surface area contributed by atoms with E-state index in [1.807, 2.05) is 6.07 Å². The molecule has 2 nitrogen and oxygen atoms in total. The Bertz CT molecular complexity index is 379. The van der Waals surface area contributed by atoms with E-state index in [-0.39, 0.29) is 0 Å². The largest absolute Gasteiger partial charge is 0.508 e. The molecule has 1 unspecified atom stereocenters. The third-order valence-electron chi connectivity index (χ3n) is 3.12. The van der Waals surface area contributed by atoms with Gasteiger partial charge in [0.1, 0.15) is 5.75 Å². The second-order valence-corrected chi connectivity index (χ2v) is 5.88. The summed E-state index contributed by atoms with van der Waals surface area (Å²) < 4.78 is 0. The normalized spacial score (nSPS) is 19.8. The summed E-state index contributed by atoms with van der Waals surface area (Å²) in [6.45, 7) is 7.71. The Kier molecular flexibility index (Phi) is 2.94.